The molecule has 3 nitrogen and oxygen atoms in total. The van der Waals surface area contributed by atoms with Crippen molar-refractivity contribution in [1.29, 1.82) is 0 Å². The van der Waals surface area contributed by atoms with Crippen LogP contribution in [0, 0.1) is 13.8 Å². The van der Waals surface area contributed by atoms with Gasteiger partial charge in [0.2, 0.25) is 0 Å². The fourth-order valence-electron chi connectivity index (χ4n) is 2.96. The van der Waals surface area contributed by atoms with Gasteiger partial charge in [0.25, 0.3) is 0 Å². The normalized spacial score (nSPS) is 10.7. The largest absolute Gasteiger partial charge is 0.490 e. The van der Waals surface area contributed by atoms with Crippen molar-refractivity contribution in [2.24, 2.45) is 0 Å². The highest BCUT2D eigenvalue weighted by Crippen LogP contribution is 2.37. The molecule has 0 aliphatic carbocycles. The minimum Gasteiger partial charge on any atom is -0.490 e. The fraction of sp³-hybridized carbons (Fsp3) is 0.250. The molecule has 0 saturated heterocycles. The van der Waals surface area contributed by atoms with Crippen LogP contribution in [-0.4, -0.2) is 6.61 Å². The first-order chi connectivity index (χ1) is 14.0. The van der Waals surface area contributed by atoms with Gasteiger partial charge in [-0.05, 0) is 61.7 Å². The lowest BCUT2D eigenvalue weighted by molar-refractivity contribution is 0.269. The molecule has 3 aromatic rings. The standard InChI is InChI=1S/C24H25Cl2NO2/c1-4-28-23-13-19(14-27-22-7-5-6-20(25)17(22)3)12-21(26)24(23)29-15-18-10-8-16(2)9-11-18/h5-13,27H,4,14-15H2,1-3H3. The minimum atomic E-state index is 0.430. The second-order valence-electron chi connectivity index (χ2n) is 6.88. The molecule has 0 spiro atoms. The van der Waals surface area contributed by atoms with Crippen molar-refractivity contribution in [2.75, 3.05) is 11.9 Å². The van der Waals surface area contributed by atoms with E-state index in [9.17, 15) is 0 Å². The maximum absolute atomic E-state index is 6.55. The predicted molar refractivity (Wildman–Crippen MR) is 122 cm³/mol. The number of anilines is 1. The third kappa shape index (κ3) is 5.59. The summed E-state index contributed by atoms with van der Waals surface area (Å²) >= 11 is 12.8. The topological polar surface area (TPSA) is 30.5 Å². The van der Waals surface area contributed by atoms with E-state index >= 15 is 0 Å². The van der Waals surface area contributed by atoms with Crippen LogP contribution in [0.25, 0.3) is 0 Å². The zero-order valence-electron chi connectivity index (χ0n) is 16.9. The van der Waals surface area contributed by atoms with Crippen molar-refractivity contribution in [3.8, 4) is 11.5 Å². The van der Waals surface area contributed by atoms with Crippen LogP contribution in [0.4, 0.5) is 5.69 Å². The summed E-state index contributed by atoms with van der Waals surface area (Å²) in [6, 6.07) is 17.9. The molecule has 0 aliphatic rings. The predicted octanol–water partition coefficient (Wildman–Crippen LogP) is 7.20. The number of hydrogen-bond donors (Lipinski definition) is 1. The molecule has 0 unspecified atom stereocenters. The van der Waals surface area contributed by atoms with Gasteiger partial charge in [0.05, 0.1) is 11.6 Å². The fourth-order valence-corrected chi connectivity index (χ4v) is 3.42. The highest BCUT2D eigenvalue weighted by Gasteiger charge is 2.13. The van der Waals surface area contributed by atoms with Crippen LogP contribution in [-0.2, 0) is 13.2 Å². The van der Waals surface area contributed by atoms with E-state index in [0.717, 1.165) is 27.4 Å². The van der Waals surface area contributed by atoms with Gasteiger partial charge in [-0.2, -0.15) is 0 Å². The molecule has 152 valence electrons. The van der Waals surface area contributed by atoms with E-state index in [1.807, 2.05) is 44.2 Å². The summed E-state index contributed by atoms with van der Waals surface area (Å²) in [5, 5.41) is 4.68. The molecule has 0 saturated carbocycles. The van der Waals surface area contributed by atoms with Crippen LogP contribution in [0.5, 0.6) is 11.5 Å². The third-order valence-electron chi connectivity index (χ3n) is 4.62. The monoisotopic (exact) mass is 429 g/mol. The van der Waals surface area contributed by atoms with Gasteiger partial charge in [0.15, 0.2) is 11.5 Å². The molecule has 3 aromatic carbocycles. The summed E-state index contributed by atoms with van der Waals surface area (Å²) in [6.45, 7) is 7.55. The highest BCUT2D eigenvalue weighted by atomic mass is 35.5. The minimum absolute atomic E-state index is 0.430. The van der Waals surface area contributed by atoms with Gasteiger partial charge < -0.3 is 14.8 Å². The Morgan fingerprint density at radius 3 is 2.34 bits per heavy atom. The van der Waals surface area contributed by atoms with Gasteiger partial charge >= 0.3 is 0 Å². The zero-order valence-corrected chi connectivity index (χ0v) is 18.4. The van der Waals surface area contributed by atoms with E-state index in [1.165, 1.54) is 5.56 Å². The Balaban J connectivity index is 1.76. The molecule has 29 heavy (non-hydrogen) atoms. The number of rotatable bonds is 8. The van der Waals surface area contributed by atoms with Crippen molar-refractivity contribution in [1.82, 2.24) is 0 Å². The lowest BCUT2D eigenvalue weighted by Crippen LogP contribution is -2.04. The average molecular weight is 430 g/mol. The van der Waals surface area contributed by atoms with Crippen LogP contribution in [0.15, 0.2) is 54.6 Å². The molecular weight excluding hydrogens is 405 g/mol. The average Bonchev–Trinajstić information content (AvgIpc) is 2.70. The second-order valence-corrected chi connectivity index (χ2v) is 7.69. The van der Waals surface area contributed by atoms with Gasteiger partial charge in [-0.15, -0.1) is 0 Å². The number of hydrogen-bond acceptors (Lipinski definition) is 3. The molecular formula is C24H25Cl2NO2. The van der Waals surface area contributed by atoms with E-state index in [4.69, 9.17) is 32.7 Å². The first-order valence-corrected chi connectivity index (χ1v) is 10.4. The maximum atomic E-state index is 6.55. The first-order valence-electron chi connectivity index (χ1n) is 9.60. The molecule has 0 atom stereocenters. The molecule has 0 heterocycles. The Hall–Kier alpha value is -2.36. The molecule has 1 N–H and O–H groups in total. The summed E-state index contributed by atoms with van der Waals surface area (Å²) in [5.41, 5.74) is 5.31. The highest BCUT2D eigenvalue weighted by molar-refractivity contribution is 6.32. The molecule has 0 bridgehead atoms. The maximum Gasteiger partial charge on any atom is 0.180 e. The van der Waals surface area contributed by atoms with Crippen molar-refractivity contribution in [3.05, 3.63) is 86.9 Å². The number of ether oxygens (including phenoxy) is 2. The SMILES string of the molecule is CCOc1cc(CNc2cccc(Cl)c2C)cc(Cl)c1OCc1ccc(C)cc1. The van der Waals surface area contributed by atoms with Crippen molar-refractivity contribution < 1.29 is 9.47 Å². The Kier molecular flexibility index (Phi) is 7.29. The van der Waals surface area contributed by atoms with Gasteiger partial charge in [-0.1, -0.05) is 59.1 Å². The molecule has 0 fully saturated rings. The van der Waals surface area contributed by atoms with E-state index in [1.54, 1.807) is 0 Å². The second kappa shape index (κ2) is 9.91. The van der Waals surface area contributed by atoms with Crippen LogP contribution < -0.4 is 14.8 Å². The molecule has 0 aliphatic heterocycles. The van der Waals surface area contributed by atoms with Crippen molar-refractivity contribution >= 4 is 28.9 Å². The van der Waals surface area contributed by atoms with Crippen LogP contribution in [0.2, 0.25) is 10.0 Å². The summed E-state index contributed by atoms with van der Waals surface area (Å²) in [7, 11) is 0. The summed E-state index contributed by atoms with van der Waals surface area (Å²) in [5.74, 6) is 1.21. The Labute approximate surface area is 182 Å². The lowest BCUT2D eigenvalue weighted by Gasteiger charge is -2.16. The molecule has 3 rings (SSSR count). The van der Waals surface area contributed by atoms with E-state index in [0.29, 0.717) is 36.3 Å². The number of aryl methyl sites for hydroxylation is 1. The van der Waals surface area contributed by atoms with Gasteiger partial charge in [-0.3, -0.25) is 0 Å². The summed E-state index contributed by atoms with van der Waals surface area (Å²) in [6.07, 6.45) is 0. The van der Waals surface area contributed by atoms with Gasteiger partial charge in [0, 0.05) is 17.3 Å². The van der Waals surface area contributed by atoms with Crippen molar-refractivity contribution in [2.45, 2.75) is 33.9 Å². The molecule has 5 heteroatoms. The van der Waals surface area contributed by atoms with Crippen LogP contribution in [0.3, 0.4) is 0 Å². The van der Waals surface area contributed by atoms with E-state index in [2.05, 4.69) is 36.5 Å². The first kappa shape index (κ1) is 21.4. The molecule has 0 amide bonds. The lowest BCUT2D eigenvalue weighted by atomic mass is 10.1. The summed E-state index contributed by atoms with van der Waals surface area (Å²) in [4.78, 5) is 0. The van der Waals surface area contributed by atoms with E-state index < -0.39 is 0 Å². The van der Waals surface area contributed by atoms with Crippen LogP contribution >= 0.6 is 23.2 Å². The van der Waals surface area contributed by atoms with Crippen molar-refractivity contribution in [3.63, 3.8) is 0 Å². The van der Waals surface area contributed by atoms with Gasteiger partial charge in [-0.25, -0.2) is 0 Å². The smallest absolute Gasteiger partial charge is 0.180 e. The molecule has 0 aromatic heterocycles. The third-order valence-corrected chi connectivity index (χ3v) is 5.31. The zero-order chi connectivity index (χ0) is 20.8. The summed E-state index contributed by atoms with van der Waals surface area (Å²) < 4.78 is 11.8. The Morgan fingerprint density at radius 2 is 1.62 bits per heavy atom. The number of halogens is 2. The van der Waals surface area contributed by atoms with Gasteiger partial charge in [0.1, 0.15) is 6.61 Å². The Bertz CT molecular complexity index is 971. The quantitative estimate of drug-likeness (QED) is 0.410. The van der Waals surface area contributed by atoms with Crippen LogP contribution in [0.1, 0.15) is 29.2 Å². The number of nitrogens with one attached hydrogen (secondary N) is 1. The molecule has 0 radical (unpaired) electrons. The van der Waals surface area contributed by atoms with E-state index in [-0.39, 0.29) is 0 Å². The number of benzene rings is 3. The Morgan fingerprint density at radius 1 is 0.862 bits per heavy atom.